The summed E-state index contributed by atoms with van der Waals surface area (Å²) >= 11 is 0. The molecule has 4 aromatic carbocycles. The van der Waals surface area contributed by atoms with Crippen LogP contribution in [0, 0.1) is 6.92 Å². The number of hydrogen-bond acceptors (Lipinski definition) is 4. The fourth-order valence-corrected chi connectivity index (χ4v) is 4.73. The first-order valence-electron chi connectivity index (χ1n) is 12.7. The molecular formula is C33H29NO4. The summed E-state index contributed by atoms with van der Waals surface area (Å²) in [6, 6.07) is 33.6. The summed E-state index contributed by atoms with van der Waals surface area (Å²) in [4.78, 5) is 28.2. The SMILES string of the molecule is Cc1ccc(C(O)=C2C(=O)C(=O)N(CCc3ccccc3)C2c2cccc(OCc3ccccc3)c2)cc1. The Kier molecular flexibility index (Phi) is 7.36. The molecule has 1 N–H and O–H groups in total. The van der Waals surface area contributed by atoms with E-state index in [1.165, 1.54) is 0 Å². The summed E-state index contributed by atoms with van der Waals surface area (Å²) in [5.41, 5.74) is 4.42. The third-order valence-corrected chi connectivity index (χ3v) is 6.77. The summed E-state index contributed by atoms with van der Waals surface area (Å²) in [5.74, 6) is -0.853. The van der Waals surface area contributed by atoms with Crippen LogP contribution in [0.2, 0.25) is 0 Å². The summed E-state index contributed by atoms with van der Waals surface area (Å²) in [5, 5.41) is 11.3. The lowest BCUT2D eigenvalue weighted by Crippen LogP contribution is -2.31. The number of ketones is 1. The highest BCUT2D eigenvalue weighted by molar-refractivity contribution is 6.46. The molecule has 1 unspecified atom stereocenters. The number of aryl methyl sites for hydroxylation is 1. The largest absolute Gasteiger partial charge is 0.507 e. The van der Waals surface area contributed by atoms with Crippen molar-refractivity contribution in [1.82, 2.24) is 4.90 Å². The van der Waals surface area contributed by atoms with E-state index in [0.29, 0.717) is 36.4 Å². The highest BCUT2D eigenvalue weighted by Crippen LogP contribution is 2.40. The Bertz CT molecular complexity index is 1460. The Hall–Kier alpha value is -4.64. The minimum absolute atomic E-state index is 0.0899. The molecule has 5 nitrogen and oxygen atoms in total. The maximum atomic E-state index is 13.3. The van der Waals surface area contributed by atoms with E-state index < -0.39 is 17.7 Å². The van der Waals surface area contributed by atoms with E-state index in [9.17, 15) is 14.7 Å². The fourth-order valence-electron chi connectivity index (χ4n) is 4.73. The van der Waals surface area contributed by atoms with Crippen LogP contribution < -0.4 is 4.74 Å². The van der Waals surface area contributed by atoms with Gasteiger partial charge >= 0.3 is 0 Å². The van der Waals surface area contributed by atoms with Crippen LogP contribution in [-0.4, -0.2) is 28.2 Å². The molecule has 1 aliphatic heterocycles. The number of hydrogen-bond donors (Lipinski definition) is 1. The van der Waals surface area contributed by atoms with E-state index in [-0.39, 0.29) is 11.3 Å². The molecule has 5 heteroatoms. The topological polar surface area (TPSA) is 66.8 Å². The van der Waals surface area contributed by atoms with Gasteiger partial charge in [-0.15, -0.1) is 0 Å². The first kappa shape index (κ1) is 25.0. The van der Waals surface area contributed by atoms with E-state index in [4.69, 9.17) is 4.74 Å². The van der Waals surface area contributed by atoms with Gasteiger partial charge in [0.2, 0.25) is 0 Å². The van der Waals surface area contributed by atoms with E-state index >= 15 is 0 Å². The normalized spacial score (nSPS) is 16.6. The Balaban J connectivity index is 1.52. The lowest BCUT2D eigenvalue weighted by molar-refractivity contribution is -0.139. The molecule has 0 radical (unpaired) electrons. The maximum Gasteiger partial charge on any atom is 0.295 e. The number of carbonyl (C=O) groups excluding carboxylic acids is 2. The number of aliphatic hydroxyl groups excluding tert-OH is 1. The number of amides is 1. The molecule has 0 spiro atoms. The van der Waals surface area contributed by atoms with Crippen molar-refractivity contribution in [2.75, 3.05) is 6.54 Å². The van der Waals surface area contributed by atoms with Gasteiger partial charge in [-0.2, -0.15) is 0 Å². The fraction of sp³-hybridized carbons (Fsp3) is 0.152. The molecule has 1 amide bonds. The van der Waals surface area contributed by atoms with Gasteiger partial charge in [0.1, 0.15) is 18.1 Å². The molecule has 1 atom stereocenters. The summed E-state index contributed by atoms with van der Waals surface area (Å²) in [6.45, 7) is 2.67. The zero-order valence-corrected chi connectivity index (χ0v) is 21.2. The second-order valence-corrected chi connectivity index (χ2v) is 9.44. The number of rotatable bonds is 8. The molecule has 1 aliphatic rings. The average molecular weight is 504 g/mol. The summed E-state index contributed by atoms with van der Waals surface area (Å²) < 4.78 is 6.04. The van der Waals surface area contributed by atoms with Crippen LogP contribution in [0.5, 0.6) is 5.75 Å². The van der Waals surface area contributed by atoms with Gasteiger partial charge in [0.15, 0.2) is 0 Å². The molecule has 0 aliphatic carbocycles. The monoisotopic (exact) mass is 503 g/mol. The van der Waals surface area contributed by atoms with Gasteiger partial charge in [-0.1, -0.05) is 103 Å². The average Bonchev–Trinajstić information content (AvgIpc) is 3.21. The van der Waals surface area contributed by atoms with Crippen molar-refractivity contribution in [1.29, 1.82) is 0 Å². The van der Waals surface area contributed by atoms with Crippen LogP contribution in [0.15, 0.2) is 115 Å². The van der Waals surface area contributed by atoms with Crippen molar-refractivity contribution in [3.8, 4) is 5.75 Å². The minimum atomic E-state index is -0.736. The number of benzene rings is 4. The third-order valence-electron chi connectivity index (χ3n) is 6.77. The van der Waals surface area contributed by atoms with E-state index in [1.807, 2.05) is 104 Å². The molecule has 1 saturated heterocycles. The smallest absolute Gasteiger partial charge is 0.295 e. The Morgan fingerprint density at radius 2 is 1.47 bits per heavy atom. The molecule has 4 aromatic rings. The minimum Gasteiger partial charge on any atom is -0.507 e. The maximum absolute atomic E-state index is 13.3. The van der Waals surface area contributed by atoms with Crippen molar-refractivity contribution in [3.63, 3.8) is 0 Å². The first-order chi connectivity index (χ1) is 18.5. The van der Waals surface area contributed by atoms with Crippen LogP contribution in [0.4, 0.5) is 0 Å². The highest BCUT2D eigenvalue weighted by Gasteiger charge is 2.45. The summed E-state index contributed by atoms with van der Waals surface area (Å²) in [6.07, 6.45) is 0.582. The molecule has 1 fully saturated rings. The standard InChI is InChI=1S/C33H29NO4/c1-23-15-17-26(18-16-23)31(35)29-30(34(33(37)32(29)36)20-19-24-9-4-2-5-10-24)27-13-8-14-28(21-27)38-22-25-11-6-3-7-12-25/h2-18,21,30,35H,19-20,22H2,1H3. The van der Waals surface area contributed by atoms with E-state index in [2.05, 4.69) is 0 Å². The summed E-state index contributed by atoms with van der Waals surface area (Å²) in [7, 11) is 0. The molecule has 0 aromatic heterocycles. The number of carbonyl (C=O) groups is 2. The second kappa shape index (κ2) is 11.2. The van der Waals surface area contributed by atoms with Crippen molar-refractivity contribution in [2.24, 2.45) is 0 Å². The molecular weight excluding hydrogens is 474 g/mol. The second-order valence-electron chi connectivity index (χ2n) is 9.44. The van der Waals surface area contributed by atoms with Crippen molar-refractivity contribution >= 4 is 17.4 Å². The Morgan fingerprint density at radius 3 is 2.16 bits per heavy atom. The molecule has 5 rings (SSSR count). The lowest BCUT2D eigenvalue weighted by atomic mass is 9.94. The quantitative estimate of drug-likeness (QED) is 0.176. The first-order valence-corrected chi connectivity index (χ1v) is 12.7. The number of ether oxygens (including phenoxy) is 1. The van der Waals surface area contributed by atoms with Gasteiger partial charge in [0, 0.05) is 12.1 Å². The number of likely N-dealkylation sites (tertiary alicyclic amines) is 1. The van der Waals surface area contributed by atoms with Crippen LogP contribution in [0.25, 0.3) is 5.76 Å². The molecule has 1 heterocycles. The Labute approximate surface area is 222 Å². The van der Waals surface area contributed by atoms with Crippen LogP contribution in [-0.2, 0) is 22.6 Å². The number of nitrogens with zero attached hydrogens (tertiary/aromatic N) is 1. The van der Waals surface area contributed by atoms with Gasteiger partial charge < -0.3 is 14.7 Å². The molecule has 0 bridgehead atoms. The van der Waals surface area contributed by atoms with Crippen molar-refractivity contribution in [3.05, 3.63) is 143 Å². The van der Waals surface area contributed by atoms with Gasteiger partial charge in [-0.05, 0) is 42.2 Å². The van der Waals surface area contributed by atoms with Gasteiger partial charge in [0.25, 0.3) is 11.7 Å². The number of Topliss-reactive ketones (excluding diaryl/α,β-unsaturated/α-hetero) is 1. The highest BCUT2D eigenvalue weighted by atomic mass is 16.5. The van der Waals surface area contributed by atoms with Crippen molar-refractivity contribution in [2.45, 2.75) is 26.0 Å². The lowest BCUT2D eigenvalue weighted by Gasteiger charge is -2.26. The zero-order chi connectivity index (χ0) is 26.5. The van der Waals surface area contributed by atoms with Crippen LogP contribution in [0.3, 0.4) is 0 Å². The molecule has 38 heavy (non-hydrogen) atoms. The van der Waals surface area contributed by atoms with E-state index in [0.717, 1.165) is 16.7 Å². The predicted molar refractivity (Wildman–Crippen MR) is 148 cm³/mol. The zero-order valence-electron chi connectivity index (χ0n) is 21.2. The van der Waals surface area contributed by atoms with Crippen LogP contribution >= 0.6 is 0 Å². The third kappa shape index (κ3) is 5.37. The van der Waals surface area contributed by atoms with Crippen LogP contribution in [0.1, 0.15) is 33.9 Å². The predicted octanol–water partition coefficient (Wildman–Crippen LogP) is 6.24. The van der Waals surface area contributed by atoms with Crippen molar-refractivity contribution < 1.29 is 19.4 Å². The Morgan fingerprint density at radius 1 is 0.816 bits per heavy atom. The molecule has 190 valence electrons. The van der Waals surface area contributed by atoms with Gasteiger partial charge in [0.05, 0.1) is 11.6 Å². The van der Waals surface area contributed by atoms with Gasteiger partial charge in [-0.3, -0.25) is 9.59 Å². The van der Waals surface area contributed by atoms with E-state index in [1.54, 1.807) is 17.0 Å². The van der Waals surface area contributed by atoms with Gasteiger partial charge in [-0.25, -0.2) is 0 Å². The molecule has 0 saturated carbocycles. The number of aliphatic hydroxyl groups is 1.